The molecule has 0 fully saturated rings. The second-order valence-electron chi connectivity index (χ2n) is 6.69. The number of allylic oxidation sites excluding steroid dienone is 6. The molecule has 0 radical (unpaired) electrons. The molecule has 20 heavy (non-hydrogen) atoms. The molecule has 2 heteroatoms. The fourth-order valence-corrected chi connectivity index (χ4v) is 3.63. The predicted octanol–water partition coefficient (Wildman–Crippen LogP) is 3.93. The first-order valence-electron chi connectivity index (χ1n) is 7.71. The number of Topliss-reactive ketones (excluding diaryl/α,β-unsaturated/α-hetero) is 1. The van der Waals surface area contributed by atoms with Crippen LogP contribution in [0.5, 0.6) is 0 Å². The lowest BCUT2D eigenvalue weighted by atomic mass is 9.64. The van der Waals surface area contributed by atoms with Crippen LogP contribution >= 0.6 is 0 Å². The van der Waals surface area contributed by atoms with Gasteiger partial charge in [0.15, 0.2) is 11.6 Å². The van der Waals surface area contributed by atoms with Gasteiger partial charge in [-0.25, -0.2) is 0 Å². The van der Waals surface area contributed by atoms with Crippen LogP contribution in [0.25, 0.3) is 0 Å². The van der Waals surface area contributed by atoms with Crippen molar-refractivity contribution >= 4 is 11.6 Å². The summed E-state index contributed by atoms with van der Waals surface area (Å²) < 4.78 is 0. The summed E-state index contributed by atoms with van der Waals surface area (Å²) in [4.78, 5) is 24.7. The van der Waals surface area contributed by atoms with Gasteiger partial charge in [0.2, 0.25) is 0 Å². The minimum absolute atomic E-state index is 0.202. The van der Waals surface area contributed by atoms with Gasteiger partial charge in [-0.2, -0.15) is 0 Å². The third-order valence-corrected chi connectivity index (χ3v) is 5.06. The summed E-state index contributed by atoms with van der Waals surface area (Å²) in [5.74, 6) is 0.862. The van der Waals surface area contributed by atoms with Crippen LogP contribution in [-0.4, -0.2) is 11.6 Å². The second-order valence-corrected chi connectivity index (χ2v) is 6.69. The van der Waals surface area contributed by atoms with E-state index in [-0.39, 0.29) is 11.6 Å². The summed E-state index contributed by atoms with van der Waals surface area (Å²) >= 11 is 0. The Morgan fingerprint density at radius 2 is 1.95 bits per heavy atom. The number of rotatable bonds is 1. The molecule has 1 unspecified atom stereocenters. The van der Waals surface area contributed by atoms with E-state index in [1.54, 1.807) is 0 Å². The van der Waals surface area contributed by atoms with E-state index in [2.05, 4.69) is 26.0 Å². The molecule has 0 aliphatic heterocycles. The minimum Gasteiger partial charge on any atom is -0.295 e. The van der Waals surface area contributed by atoms with Gasteiger partial charge in [0.25, 0.3) is 0 Å². The van der Waals surface area contributed by atoms with Crippen molar-refractivity contribution in [3.05, 3.63) is 34.9 Å². The lowest BCUT2D eigenvalue weighted by molar-refractivity contribution is -0.122. The van der Waals surface area contributed by atoms with Crippen LogP contribution in [0.2, 0.25) is 0 Å². The topological polar surface area (TPSA) is 34.1 Å². The Balaban J connectivity index is 1.90. The van der Waals surface area contributed by atoms with E-state index >= 15 is 0 Å². The van der Waals surface area contributed by atoms with Crippen LogP contribution in [0.4, 0.5) is 0 Å². The Hall–Kier alpha value is -1.44. The van der Waals surface area contributed by atoms with E-state index in [4.69, 9.17) is 0 Å². The molecular formula is C18H22O2. The Morgan fingerprint density at radius 1 is 1.15 bits per heavy atom. The molecule has 0 aromatic carbocycles. The van der Waals surface area contributed by atoms with Crippen LogP contribution < -0.4 is 0 Å². The van der Waals surface area contributed by atoms with E-state index in [1.807, 2.05) is 6.08 Å². The Labute approximate surface area is 120 Å². The van der Waals surface area contributed by atoms with E-state index < -0.39 is 5.41 Å². The smallest absolute Gasteiger partial charge is 0.166 e. The Bertz CT molecular complexity index is 560. The largest absolute Gasteiger partial charge is 0.295 e. The highest BCUT2D eigenvalue weighted by atomic mass is 16.1. The maximum absolute atomic E-state index is 12.6. The SMILES string of the molecule is CC(C)C1=CC(=O)C2(C=C1)CCC1=C(C2)C(=O)CCC1. The van der Waals surface area contributed by atoms with Gasteiger partial charge in [-0.3, -0.25) is 9.59 Å². The summed E-state index contributed by atoms with van der Waals surface area (Å²) in [5.41, 5.74) is 2.98. The van der Waals surface area contributed by atoms with Crippen molar-refractivity contribution in [1.29, 1.82) is 0 Å². The number of hydrogen-bond acceptors (Lipinski definition) is 2. The first kappa shape index (κ1) is 13.5. The molecule has 3 aliphatic rings. The maximum atomic E-state index is 12.6. The Morgan fingerprint density at radius 3 is 2.65 bits per heavy atom. The zero-order valence-electron chi connectivity index (χ0n) is 12.4. The van der Waals surface area contributed by atoms with Crippen molar-refractivity contribution in [1.82, 2.24) is 0 Å². The summed E-state index contributed by atoms with van der Waals surface area (Å²) in [6.45, 7) is 4.21. The highest BCUT2D eigenvalue weighted by Crippen LogP contribution is 2.47. The molecule has 0 saturated carbocycles. The fraction of sp³-hybridized carbons (Fsp3) is 0.556. The van der Waals surface area contributed by atoms with Crippen molar-refractivity contribution < 1.29 is 9.59 Å². The molecule has 0 saturated heterocycles. The van der Waals surface area contributed by atoms with Crippen LogP contribution in [0, 0.1) is 11.3 Å². The van der Waals surface area contributed by atoms with Crippen molar-refractivity contribution in [2.45, 2.75) is 52.4 Å². The van der Waals surface area contributed by atoms with Gasteiger partial charge in [-0.1, -0.05) is 31.6 Å². The predicted molar refractivity (Wildman–Crippen MR) is 79.2 cm³/mol. The number of ketones is 2. The number of carbonyl (C=O) groups is 2. The van der Waals surface area contributed by atoms with Crippen molar-refractivity contribution in [2.75, 3.05) is 0 Å². The number of carbonyl (C=O) groups excluding carboxylic acids is 2. The van der Waals surface area contributed by atoms with Crippen molar-refractivity contribution in [3.63, 3.8) is 0 Å². The average Bonchev–Trinajstić information content (AvgIpc) is 2.43. The van der Waals surface area contributed by atoms with Gasteiger partial charge in [0, 0.05) is 6.42 Å². The van der Waals surface area contributed by atoms with Gasteiger partial charge < -0.3 is 0 Å². The lowest BCUT2D eigenvalue weighted by Crippen LogP contribution is -2.35. The van der Waals surface area contributed by atoms with Crippen LogP contribution in [0.15, 0.2) is 34.9 Å². The molecule has 0 aromatic rings. The highest BCUT2D eigenvalue weighted by Gasteiger charge is 2.42. The molecule has 106 valence electrons. The van der Waals surface area contributed by atoms with Gasteiger partial charge in [-0.05, 0) is 55.2 Å². The molecule has 3 rings (SSSR count). The molecule has 2 nitrogen and oxygen atoms in total. The minimum atomic E-state index is -0.426. The molecule has 0 N–H and O–H groups in total. The van der Waals surface area contributed by atoms with Crippen LogP contribution in [-0.2, 0) is 9.59 Å². The van der Waals surface area contributed by atoms with Gasteiger partial charge in [-0.15, -0.1) is 0 Å². The zero-order valence-corrected chi connectivity index (χ0v) is 12.4. The number of hydrogen-bond donors (Lipinski definition) is 0. The zero-order chi connectivity index (χ0) is 14.3. The molecule has 0 aromatic heterocycles. The first-order chi connectivity index (χ1) is 9.52. The summed E-state index contributed by atoms with van der Waals surface area (Å²) in [6, 6.07) is 0. The lowest BCUT2D eigenvalue weighted by Gasteiger charge is -2.38. The van der Waals surface area contributed by atoms with Crippen molar-refractivity contribution in [2.24, 2.45) is 11.3 Å². The molecule has 0 bridgehead atoms. The summed E-state index contributed by atoms with van der Waals surface area (Å²) in [5, 5.41) is 0. The second kappa shape index (κ2) is 4.83. The van der Waals surface area contributed by atoms with E-state index in [9.17, 15) is 9.59 Å². The molecule has 1 atom stereocenters. The maximum Gasteiger partial charge on any atom is 0.166 e. The molecule has 3 aliphatic carbocycles. The van der Waals surface area contributed by atoms with Gasteiger partial charge >= 0.3 is 0 Å². The molecule has 0 heterocycles. The quantitative estimate of drug-likeness (QED) is 0.723. The third kappa shape index (κ3) is 2.11. The third-order valence-electron chi connectivity index (χ3n) is 5.06. The highest BCUT2D eigenvalue weighted by molar-refractivity contribution is 6.03. The standard InChI is InChI=1S/C18H22O2/c1-12(2)14-7-9-18(17(20)10-14)8-6-13-4-3-5-16(19)15(13)11-18/h7,9-10,12H,3-6,8,11H2,1-2H3. The summed E-state index contributed by atoms with van der Waals surface area (Å²) in [7, 11) is 0. The molecule has 0 amide bonds. The van der Waals surface area contributed by atoms with Crippen molar-refractivity contribution in [3.8, 4) is 0 Å². The Kier molecular flexibility index (Phi) is 3.27. The van der Waals surface area contributed by atoms with Gasteiger partial charge in [0.05, 0.1) is 5.41 Å². The normalized spacial score (nSPS) is 30.1. The van der Waals surface area contributed by atoms with E-state index in [0.717, 1.165) is 36.8 Å². The first-order valence-corrected chi connectivity index (χ1v) is 7.71. The molecule has 1 spiro atoms. The molecular weight excluding hydrogens is 248 g/mol. The monoisotopic (exact) mass is 270 g/mol. The van der Waals surface area contributed by atoms with Gasteiger partial charge in [0.1, 0.15) is 0 Å². The van der Waals surface area contributed by atoms with Crippen LogP contribution in [0.1, 0.15) is 52.4 Å². The fourth-order valence-electron chi connectivity index (χ4n) is 3.63. The van der Waals surface area contributed by atoms with E-state index in [0.29, 0.717) is 18.8 Å². The average molecular weight is 270 g/mol. The van der Waals surface area contributed by atoms with Crippen LogP contribution in [0.3, 0.4) is 0 Å². The summed E-state index contributed by atoms with van der Waals surface area (Å²) in [6.07, 6.45) is 11.1. The van der Waals surface area contributed by atoms with E-state index in [1.165, 1.54) is 5.57 Å².